The Balaban J connectivity index is 2.36. The third-order valence-corrected chi connectivity index (χ3v) is 4.87. The second kappa shape index (κ2) is 4.66. The Morgan fingerprint density at radius 3 is 2.82 bits per heavy atom. The normalized spacial score (nSPS) is 17.6. The van der Waals surface area contributed by atoms with Gasteiger partial charge in [0.05, 0.1) is 11.4 Å². The van der Waals surface area contributed by atoms with Crippen LogP contribution in [0, 0.1) is 0 Å². The highest BCUT2D eigenvalue weighted by molar-refractivity contribution is 7.92. The summed E-state index contributed by atoms with van der Waals surface area (Å²) >= 11 is 0. The van der Waals surface area contributed by atoms with E-state index >= 15 is 0 Å². The smallest absolute Gasteiger partial charge is 0.236 e. The number of hydrogen-bond donors (Lipinski definition) is 1. The predicted molar refractivity (Wildman–Crippen MR) is 69.5 cm³/mol. The molecule has 4 nitrogen and oxygen atoms in total. The molecule has 0 fully saturated rings. The van der Waals surface area contributed by atoms with E-state index in [1.54, 1.807) is 6.92 Å². The Morgan fingerprint density at radius 1 is 1.41 bits per heavy atom. The molecule has 1 aromatic carbocycles. The number of nitrogens with zero attached hydrogens (tertiary/aromatic N) is 1. The zero-order valence-electron chi connectivity index (χ0n) is 9.96. The monoisotopic (exact) mass is 254 g/mol. The Hall–Kier alpha value is -1.07. The van der Waals surface area contributed by atoms with E-state index in [9.17, 15) is 8.42 Å². The van der Waals surface area contributed by atoms with Crippen molar-refractivity contribution in [3.8, 4) is 0 Å². The first-order valence-corrected chi connectivity index (χ1v) is 7.45. The van der Waals surface area contributed by atoms with Crippen molar-refractivity contribution in [3.63, 3.8) is 0 Å². The standard InChI is InChI=1S/C12H18N2O2S/c1-10(13)9-17(15,16)14-8-4-6-11-5-2-3-7-12(11)14/h2-3,5,7,10H,4,6,8-9,13H2,1H3. The van der Waals surface area contributed by atoms with Gasteiger partial charge in [-0.15, -0.1) is 0 Å². The number of hydrogen-bond acceptors (Lipinski definition) is 3. The number of sulfonamides is 1. The Bertz CT molecular complexity index is 497. The van der Waals surface area contributed by atoms with Crippen molar-refractivity contribution >= 4 is 15.7 Å². The van der Waals surface area contributed by atoms with E-state index in [2.05, 4.69) is 0 Å². The summed E-state index contributed by atoms with van der Waals surface area (Å²) < 4.78 is 25.9. The third-order valence-electron chi connectivity index (χ3n) is 2.88. The van der Waals surface area contributed by atoms with Crippen LogP contribution in [0.15, 0.2) is 24.3 Å². The molecule has 0 aromatic heterocycles. The van der Waals surface area contributed by atoms with Crippen LogP contribution in [0.1, 0.15) is 18.9 Å². The molecule has 0 saturated carbocycles. The van der Waals surface area contributed by atoms with E-state index in [4.69, 9.17) is 5.73 Å². The summed E-state index contributed by atoms with van der Waals surface area (Å²) in [5, 5.41) is 0. The van der Waals surface area contributed by atoms with Gasteiger partial charge < -0.3 is 5.73 Å². The number of anilines is 1. The van der Waals surface area contributed by atoms with Gasteiger partial charge in [-0.2, -0.15) is 0 Å². The number of aryl methyl sites for hydroxylation is 1. The maximum atomic E-state index is 12.2. The van der Waals surface area contributed by atoms with Crippen molar-refractivity contribution in [1.29, 1.82) is 0 Å². The first-order chi connectivity index (χ1) is 8.00. The van der Waals surface area contributed by atoms with Gasteiger partial charge in [-0.3, -0.25) is 4.31 Å². The molecule has 0 saturated heterocycles. The van der Waals surface area contributed by atoms with E-state index in [-0.39, 0.29) is 11.8 Å². The molecule has 0 radical (unpaired) electrons. The van der Waals surface area contributed by atoms with Gasteiger partial charge in [0.25, 0.3) is 0 Å². The highest BCUT2D eigenvalue weighted by Gasteiger charge is 2.27. The number of fused-ring (bicyclic) bond motifs is 1. The molecule has 1 aliphatic heterocycles. The Morgan fingerprint density at radius 2 is 2.12 bits per heavy atom. The Kier molecular flexibility index (Phi) is 3.40. The molecule has 2 N–H and O–H groups in total. The van der Waals surface area contributed by atoms with Crippen molar-refractivity contribution in [2.45, 2.75) is 25.8 Å². The zero-order valence-corrected chi connectivity index (χ0v) is 10.8. The van der Waals surface area contributed by atoms with E-state index in [1.165, 1.54) is 4.31 Å². The minimum absolute atomic E-state index is 0.00132. The molecule has 0 aliphatic carbocycles. The minimum Gasteiger partial charge on any atom is -0.327 e. The van der Waals surface area contributed by atoms with Crippen molar-refractivity contribution in [2.75, 3.05) is 16.6 Å². The van der Waals surface area contributed by atoms with Crippen LogP contribution >= 0.6 is 0 Å². The first kappa shape index (κ1) is 12.4. The van der Waals surface area contributed by atoms with Crippen LogP contribution in [0.25, 0.3) is 0 Å². The molecule has 0 bridgehead atoms. The molecule has 1 heterocycles. The van der Waals surface area contributed by atoms with Crippen molar-refractivity contribution in [3.05, 3.63) is 29.8 Å². The second-order valence-corrected chi connectivity index (χ2v) is 6.50. The summed E-state index contributed by atoms with van der Waals surface area (Å²) in [7, 11) is -3.29. The first-order valence-electron chi connectivity index (χ1n) is 5.84. The van der Waals surface area contributed by atoms with Crippen molar-refractivity contribution in [2.24, 2.45) is 5.73 Å². The van der Waals surface area contributed by atoms with E-state index in [0.717, 1.165) is 24.1 Å². The second-order valence-electron chi connectivity index (χ2n) is 4.56. The molecule has 0 spiro atoms. The van der Waals surface area contributed by atoms with Gasteiger partial charge in [0, 0.05) is 12.6 Å². The van der Waals surface area contributed by atoms with Crippen LogP contribution in [-0.4, -0.2) is 26.8 Å². The van der Waals surface area contributed by atoms with Gasteiger partial charge in [0.15, 0.2) is 0 Å². The summed E-state index contributed by atoms with van der Waals surface area (Å²) in [6, 6.07) is 7.34. The summed E-state index contributed by atoms with van der Waals surface area (Å²) in [6.07, 6.45) is 1.82. The van der Waals surface area contributed by atoms with Gasteiger partial charge in [-0.1, -0.05) is 18.2 Å². The van der Waals surface area contributed by atoms with E-state index in [1.807, 2.05) is 24.3 Å². The number of para-hydroxylation sites is 1. The molecule has 1 aliphatic rings. The summed E-state index contributed by atoms with van der Waals surface area (Å²) in [4.78, 5) is 0. The largest absolute Gasteiger partial charge is 0.327 e. The van der Waals surface area contributed by atoms with E-state index < -0.39 is 10.0 Å². The van der Waals surface area contributed by atoms with Crippen LogP contribution in [-0.2, 0) is 16.4 Å². The molecule has 17 heavy (non-hydrogen) atoms. The lowest BCUT2D eigenvalue weighted by Crippen LogP contribution is -2.41. The SMILES string of the molecule is CC(N)CS(=O)(=O)N1CCCc2ccccc21. The Labute approximate surface area is 102 Å². The van der Waals surface area contributed by atoms with Crippen LogP contribution < -0.4 is 10.0 Å². The van der Waals surface area contributed by atoms with Gasteiger partial charge in [-0.25, -0.2) is 8.42 Å². The average Bonchev–Trinajstić information content (AvgIpc) is 2.26. The molecule has 1 aromatic rings. The maximum Gasteiger partial charge on any atom is 0.236 e. The summed E-state index contributed by atoms with van der Waals surface area (Å²) in [5.41, 5.74) is 7.52. The van der Waals surface area contributed by atoms with Crippen LogP contribution in [0.5, 0.6) is 0 Å². The van der Waals surface area contributed by atoms with Crippen LogP contribution in [0.2, 0.25) is 0 Å². The fourth-order valence-electron chi connectivity index (χ4n) is 2.21. The minimum atomic E-state index is -3.29. The molecule has 1 unspecified atom stereocenters. The molecular weight excluding hydrogens is 236 g/mol. The van der Waals surface area contributed by atoms with Gasteiger partial charge in [-0.05, 0) is 31.4 Å². The van der Waals surface area contributed by atoms with Gasteiger partial charge in [0.2, 0.25) is 10.0 Å². The highest BCUT2D eigenvalue weighted by atomic mass is 32.2. The van der Waals surface area contributed by atoms with E-state index in [0.29, 0.717) is 6.54 Å². The fourth-order valence-corrected chi connectivity index (χ4v) is 3.94. The van der Waals surface area contributed by atoms with Crippen molar-refractivity contribution < 1.29 is 8.42 Å². The summed E-state index contributed by atoms with van der Waals surface area (Å²) in [5.74, 6) is 0.00132. The lowest BCUT2D eigenvalue weighted by molar-refractivity contribution is 0.580. The van der Waals surface area contributed by atoms with Crippen molar-refractivity contribution in [1.82, 2.24) is 0 Å². The molecule has 5 heteroatoms. The van der Waals surface area contributed by atoms with Crippen LogP contribution in [0.4, 0.5) is 5.69 Å². The fraction of sp³-hybridized carbons (Fsp3) is 0.500. The number of rotatable bonds is 3. The van der Waals surface area contributed by atoms with Crippen LogP contribution in [0.3, 0.4) is 0 Å². The molecule has 0 amide bonds. The molecular formula is C12H18N2O2S. The average molecular weight is 254 g/mol. The maximum absolute atomic E-state index is 12.2. The quantitative estimate of drug-likeness (QED) is 0.879. The summed E-state index contributed by atoms with van der Waals surface area (Å²) in [6.45, 7) is 2.28. The zero-order chi connectivity index (χ0) is 12.5. The highest BCUT2D eigenvalue weighted by Crippen LogP contribution is 2.29. The van der Waals surface area contributed by atoms with Gasteiger partial charge in [0.1, 0.15) is 0 Å². The predicted octanol–water partition coefficient (Wildman–Crippen LogP) is 1.12. The topological polar surface area (TPSA) is 63.4 Å². The molecule has 2 rings (SSSR count). The number of benzene rings is 1. The van der Waals surface area contributed by atoms with Gasteiger partial charge >= 0.3 is 0 Å². The molecule has 94 valence electrons. The lowest BCUT2D eigenvalue weighted by atomic mass is 10.0. The molecule has 1 atom stereocenters. The lowest BCUT2D eigenvalue weighted by Gasteiger charge is -2.30. The number of nitrogens with two attached hydrogens (primary N) is 1. The third kappa shape index (κ3) is 2.61.